The molecule has 1 aliphatic rings. The van der Waals surface area contributed by atoms with Crippen LogP contribution in [0.2, 0.25) is 0 Å². The number of aromatic nitrogens is 3. The predicted octanol–water partition coefficient (Wildman–Crippen LogP) is 5.20. The fraction of sp³-hybridized carbons (Fsp3) is 0.370. The second-order valence-electron chi connectivity index (χ2n) is 8.92. The van der Waals surface area contributed by atoms with Crippen LogP contribution in [-0.2, 0) is 13.5 Å². The summed E-state index contributed by atoms with van der Waals surface area (Å²) in [7, 11) is 1.83. The highest BCUT2D eigenvalue weighted by molar-refractivity contribution is 5.95. The molecule has 1 unspecified atom stereocenters. The van der Waals surface area contributed by atoms with Crippen LogP contribution in [-0.4, -0.2) is 31.8 Å². The molecule has 33 heavy (non-hydrogen) atoms. The number of carbonyl (C=O) groups is 1. The van der Waals surface area contributed by atoms with Crippen molar-refractivity contribution in [3.8, 4) is 11.3 Å². The number of hydrogen-bond acceptors (Lipinski definition) is 4. The summed E-state index contributed by atoms with van der Waals surface area (Å²) < 4.78 is 16.5. The average molecular weight is 448 g/mol. The largest absolute Gasteiger partial charge is 0.393 e. The third kappa shape index (κ3) is 5.63. The van der Waals surface area contributed by atoms with Crippen molar-refractivity contribution < 1.29 is 14.3 Å². The zero-order chi connectivity index (χ0) is 23.4. The van der Waals surface area contributed by atoms with E-state index in [1.165, 1.54) is 6.07 Å². The molecule has 2 heterocycles. The topological polar surface area (TPSA) is 68.0 Å². The molecule has 1 saturated carbocycles. The number of rotatable bonds is 7. The van der Waals surface area contributed by atoms with Crippen molar-refractivity contribution in [3.05, 3.63) is 83.1 Å². The number of Topliss-reactive ketones (excluding diaryl/α,β-unsaturated/α-hetero) is 1. The highest BCUT2D eigenvalue weighted by atomic mass is 19.1. The van der Waals surface area contributed by atoms with Crippen LogP contribution in [0.3, 0.4) is 0 Å². The van der Waals surface area contributed by atoms with Crippen molar-refractivity contribution in [1.82, 2.24) is 14.8 Å². The summed E-state index contributed by atoms with van der Waals surface area (Å²) in [4.78, 5) is 17.0. The molecule has 5 nitrogen and oxygen atoms in total. The molecule has 0 spiro atoms. The van der Waals surface area contributed by atoms with Crippen LogP contribution in [0.4, 0.5) is 4.39 Å². The first-order valence-electron chi connectivity index (χ1n) is 11.5. The Bertz CT molecular complexity index is 1170. The molecule has 0 aliphatic heterocycles. The van der Waals surface area contributed by atoms with Gasteiger partial charge in [0.15, 0.2) is 5.78 Å². The molecule has 2 atom stereocenters. The molecular formula is C27H30FN3O2. The number of nitrogens with zero attached hydrogens (tertiary/aromatic N) is 3. The van der Waals surface area contributed by atoms with Crippen LogP contribution in [0.1, 0.15) is 59.3 Å². The van der Waals surface area contributed by atoms with E-state index in [9.17, 15) is 14.3 Å². The van der Waals surface area contributed by atoms with Gasteiger partial charge in [0.05, 0.1) is 11.8 Å². The summed E-state index contributed by atoms with van der Waals surface area (Å²) in [5.74, 6) is -0.245. The normalized spacial score (nSPS) is 18.7. The second kappa shape index (κ2) is 10.2. The van der Waals surface area contributed by atoms with Crippen LogP contribution >= 0.6 is 0 Å². The fourth-order valence-corrected chi connectivity index (χ4v) is 4.35. The van der Waals surface area contributed by atoms with E-state index in [-0.39, 0.29) is 30.0 Å². The summed E-state index contributed by atoms with van der Waals surface area (Å²) in [6.45, 7) is 1.92. The Morgan fingerprint density at radius 2 is 2.03 bits per heavy atom. The van der Waals surface area contributed by atoms with Gasteiger partial charge in [-0.1, -0.05) is 37.1 Å². The molecule has 1 N–H and O–H groups in total. The minimum Gasteiger partial charge on any atom is -0.393 e. The molecule has 2 aromatic heterocycles. The number of halogens is 1. The molecule has 0 bridgehead atoms. The van der Waals surface area contributed by atoms with Gasteiger partial charge in [-0.05, 0) is 54.7 Å². The Morgan fingerprint density at radius 3 is 2.76 bits per heavy atom. The van der Waals surface area contributed by atoms with Crippen molar-refractivity contribution in [2.75, 3.05) is 0 Å². The molecule has 1 fully saturated rings. The lowest BCUT2D eigenvalue weighted by Crippen LogP contribution is -2.22. The zero-order valence-electron chi connectivity index (χ0n) is 19.2. The van der Waals surface area contributed by atoms with Crippen LogP contribution in [0, 0.1) is 18.7 Å². The van der Waals surface area contributed by atoms with Gasteiger partial charge in [0.25, 0.3) is 0 Å². The molecule has 1 aromatic carbocycles. The van der Waals surface area contributed by atoms with E-state index in [2.05, 4.69) is 10.1 Å². The van der Waals surface area contributed by atoms with Crippen molar-refractivity contribution in [2.45, 2.75) is 51.6 Å². The zero-order valence-corrected chi connectivity index (χ0v) is 19.2. The monoisotopic (exact) mass is 447 g/mol. The summed E-state index contributed by atoms with van der Waals surface area (Å²) in [6.07, 6.45) is 11.6. The number of benzene rings is 1. The molecule has 3 aromatic rings. The lowest BCUT2D eigenvalue weighted by Gasteiger charge is -2.24. The quantitative estimate of drug-likeness (QED) is 0.399. The molecular weight excluding hydrogens is 417 g/mol. The van der Waals surface area contributed by atoms with Crippen molar-refractivity contribution in [2.24, 2.45) is 13.0 Å². The number of ketones is 1. The lowest BCUT2D eigenvalue weighted by molar-refractivity contribution is 0.0920. The number of carbonyl (C=O) groups excluding carboxylic acids is 1. The first-order valence-corrected chi connectivity index (χ1v) is 11.5. The first-order chi connectivity index (χ1) is 15.9. The number of hydrogen-bond donors (Lipinski definition) is 1. The van der Waals surface area contributed by atoms with Gasteiger partial charge < -0.3 is 5.11 Å². The van der Waals surface area contributed by atoms with Gasteiger partial charge in [0.1, 0.15) is 11.5 Å². The van der Waals surface area contributed by atoms with Gasteiger partial charge in [-0.15, -0.1) is 0 Å². The Labute approximate surface area is 194 Å². The van der Waals surface area contributed by atoms with Crippen LogP contribution < -0.4 is 0 Å². The van der Waals surface area contributed by atoms with Crippen molar-refractivity contribution in [1.29, 1.82) is 0 Å². The maximum Gasteiger partial charge on any atom is 0.184 e. The maximum absolute atomic E-state index is 14.8. The van der Waals surface area contributed by atoms with Gasteiger partial charge in [-0.2, -0.15) is 5.10 Å². The molecule has 6 heteroatoms. The Hall–Kier alpha value is -3.12. The Balaban J connectivity index is 1.45. The van der Waals surface area contributed by atoms with Crippen molar-refractivity contribution >= 4 is 5.78 Å². The van der Waals surface area contributed by atoms with E-state index < -0.39 is 0 Å². The first kappa shape index (κ1) is 23.1. The Morgan fingerprint density at radius 1 is 1.21 bits per heavy atom. The van der Waals surface area contributed by atoms with Gasteiger partial charge in [0.2, 0.25) is 0 Å². The van der Waals surface area contributed by atoms with E-state index in [4.69, 9.17) is 0 Å². The summed E-state index contributed by atoms with van der Waals surface area (Å²) in [5.41, 5.74) is 4.20. The molecule has 4 rings (SSSR count). The minimum atomic E-state index is -0.312. The maximum atomic E-state index is 14.8. The number of aliphatic hydroxyl groups is 1. The average Bonchev–Trinajstić information content (AvgIpc) is 3.24. The number of aryl methyl sites for hydroxylation is 2. The van der Waals surface area contributed by atoms with E-state index in [1.54, 1.807) is 23.0 Å². The highest BCUT2D eigenvalue weighted by Crippen LogP contribution is 2.26. The van der Waals surface area contributed by atoms with E-state index >= 15 is 0 Å². The minimum absolute atomic E-state index is 0.0798. The van der Waals surface area contributed by atoms with Crippen LogP contribution in [0.25, 0.3) is 11.3 Å². The third-order valence-corrected chi connectivity index (χ3v) is 6.41. The molecule has 0 amide bonds. The summed E-state index contributed by atoms with van der Waals surface area (Å²) in [5, 5.41) is 14.4. The van der Waals surface area contributed by atoms with E-state index in [0.717, 1.165) is 48.1 Å². The molecule has 172 valence electrons. The van der Waals surface area contributed by atoms with Gasteiger partial charge in [0, 0.05) is 43.8 Å². The SMILES string of the molecule is Cc1cnc(C(=O)C/C=C/C2CCCC[C@@H]2O)cc1Cc1ccc(-c2ccn(C)n2)cc1F. The fourth-order valence-electron chi connectivity index (χ4n) is 4.35. The number of pyridine rings is 1. The van der Waals surface area contributed by atoms with E-state index in [0.29, 0.717) is 17.7 Å². The standard InChI is InChI=1S/C27H30FN3O2/c1-18-17-29-25(27(33)9-5-7-19-6-3-4-8-26(19)32)16-22(18)14-20-10-11-21(15-23(20)28)24-12-13-31(2)30-24/h5,7,10-13,15-17,19,26,32H,3-4,6,8-9,14H2,1-2H3/b7-5+/t19?,26-/m0/s1. The van der Waals surface area contributed by atoms with Gasteiger partial charge in [-0.25, -0.2) is 4.39 Å². The predicted molar refractivity (Wildman–Crippen MR) is 126 cm³/mol. The smallest absolute Gasteiger partial charge is 0.184 e. The third-order valence-electron chi connectivity index (χ3n) is 6.41. The summed E-state index contributed by atoms with van der Waals surface area (Å²) >= 11 is 0. The molecule has 0 radical (unpaired) electrons. The van der Waals surface area contributed by atoms with Gasteiger partial charge >= 0.3 is 0 Å². The number of aliphatic hydroxyl groups excluding tert-OH is 1. The lowest BCUT2D eigenvalue weighted by atomic mass is 9.86. The van der Waals surface area contributed by atoms with Gasteiger partial charge in [-0.3, -0.25) is 14.5 Å². The van der Waals surface area contributed by atoms with E-state index in [1.807, 2.05) is 44.5 Å². The molecule has 0 saturated heterocycles. The van der Waals surface area contributed by atoms with Crippen molar-refractivity contribution in [3.63, 3.8) is 0 Å². The van der Waals surface area contributed by atoms with Crippen LogP contribution in [0.15, 0.2) is 54.9 Å². The molecule has 1 aliphatic carbocycles. The Kier molecular flexibility index (Phi) is 7.14. The summed E-state index contributed by atoms with van der Waals surface area (Å²) in [6, 6.07) is 8.77. The van der Waals surface area contributed by atoms with Crippen LogP contribution in [0.5, 0.6) is 0 Å². The second-order valence-corrected chi connectivity index (χ2v) is 8.92. The number of allylic oxidation sites excluding steroid dienone is 1. The highest BCUT2D eigenvalue weighted by Gasteiger charge is 2.20.